The molecule has 46 heavy (non-hydrogen) atoms. The number of nitro groups is 1. The number of nitrogens with one attached hydrogen (secondary N) is 3. The summed E-state index contributed by atoms with van der Waals surface area (Å²) in [7, 11) is 4.45. The molecule has 3 N–H and O–H groups in total. The molecule has 0 heterocycles. The normalized spacial score (nSPS) is 10.8. The second-order valence-electron chi connectivity index (χ2n) is 9.45. The highest BCUT2D eigenvalue weighted by atomic mass is 32.2. The first-order valence-corrected chi connectivity index (χ1v) is 14.7. The number of thioether (sulfide) groups is 1. The SMILES string of the molecule is COc1cc(OC)c(OC)cc1/C=C(\NC(=O)c1ccccc1)C(=O)Nc1ccc(SCC(=O)Nc2ccc([N+](=O)[O-])cc2)cc1. The van der Waals surface area contributed by atoms with Gasteiger partial charge in [-0.15, -0.1) is 11.8 Å². The Morgan fingerprint density at radius 3 is 1.98 bits per heavy atom. The lowest BCUT2D eigenvalue weighted by Crippen LogP contribution is -2.30. The van der Waals surface area contributed by atoms with Crippen molar-refractivity contribution in [3.63, 3.8) is 0 Å². The van der Waals surface area contributed by atoms with Crippen molar-refractivity contribution in [2.45, 2.75) is 4.90 Å². The van der Waals surface area contributed by atoms with Crippen molar-refractivity contribution in [3.8, 4) is 17.2 Å². The molecule has 0 atom stereocenters. The van der Waals surface area contributed by atoms with Gasteiger partial charge in [0.1, 0.15) is 11.4 Å². The Hall–Kier alpha value is -5.82. The molecule has 4 aromatic rings. The molecule has 0 aliphatic carbocycles. The summed E-state index contributed by atoms with van der Waals surface area (Å²) in [6, 6.07) is 24.1. The lowest BCUT2D eigenvalue weighted by atomic mass is 10.1. The van der Waals surface area contributed by atoms with E-state index in [0.717, 1.165) is 4.90 Å². The number of nitrogens with zero attached hydrogens (tertiary/aromatic N) is 1. The van der Waals surface area contributed by atoms with Gasteiger partial charge in [0.2, 0.25) is 5.91 Å². The van der Waals surface area contributed by atoms with Gasteiger partial charge in [-0.25, -0.2) is 0 Å². The maximum atomic E-state index is 13.5. The molecule has 3 amide bonds. The van der Waals surface area contributed by atoms with Gasteiger partial charge in [-0.3, -0.25) is 24.5 Å². The van der Waals surface area contributed by atoms with E-state index in [0.29, 0.717) is 39.8 Å². The van der Waals surface area contributed by atoms with Gasteiger partial charge < -0.3 is 30.2 Å². The zero-order valence-corrected chi connectivity index (χ0v) is 25.9. The van der Waals surface area contributed by atoms with E-state index >= 15 is 0 Å². The highest BCUT2D eigenvalue weighted by Crippen LogP contribution is 2.35. The minimum atomic E-state index is -0.594. The van der Waals surface area contributed by atoms with E-state index in [1.165, 1.54) is 63.4 Å². The molecular weight excluding hydrogens is 612 g/mol. The van der Waals surface area contributed by atoms with Gasteiger partial charge in [0.15, 0.2) is 11.5 Å². The van der Waals surface area contributed by atoms with Crippen LogP contribution in [0.4, 0.5) is 17.1 Å². The number of carbonyl (C=O) groups excluding carboxylic acids is 3. The first-order valence-electron chi connectivity index (χ1n) is 13.7. The number of ether oxygens (including phenoxy) is 3. The van der Waals surface area contributed by atoms with E-state index in [4.69, 9.17) is 14.2 Å². The smallest absolute Gasteiger partial charge is 0.272 e. The van der Waals surface area contributed by atoms with Gasteiger partial charge in [0, 0.05) is 45.6 Å². The summed E-state index contributed by atoms with van der Waals surface area (Å²) < 4.78 is 16.2. The zero-order chi connectivity index (χ0) is 33.1. The lowest BCUT2D eigenvalue weighted by molar-refractivity contribution is -0.384. The average molecular weight is 643 g/mol. The topological polar surface area (TPSA) is 158 Å². The Balaban J connectivity index is 1.47. The van der Waals surface area contributed by atoms with Gasteiger partial charge in [-0.1, -0.05) is 18.2 Å². The molecule has 0 aliphatic rings. The molecule has 236 valence electrons. The van der Waals surface area contributed by atoms with Crippen LogP contribution in [0.3, 0.4) is 0 Å². The number of amides is 3. The lowest BCUT2D eigenvalue weighted by Gasteiger charge is -2.15. The second-order valence-corrected chi connectivity index (χ2v) is 10.5. The van der Waals surface area contributed by atoms with Crippen molar-refractivity contribution in [1.29, 1.82) is 0 Å². The van der Waals surface area contributed by atoms with Crippen LogP contribution < -0.4 is 30.2 Å². The van der Waals surface area contributed by atoms with E-state index in [2.05, 4.69) is 16.0 Å². The standard InChI is InChI=1S/C33H30N4O8S/c1-43-28-19-30(45-3)29(44-2)18-22(28)17-27(36-32(39)21-7-5-4-6-8-21)33(40)35-24-11-15-26(16-12-24)46-20-31(38)34-23-9-13-25(14-10-23)37(41)42/h4-19H,20H2,1-3H3,(H,34,38)(H,35,40)(H,36,39)/b27-17-. The maximum absolute atomic E-state index is 13.5. The fourth-order valence-corrected chi connectivity index (χ4v) is 4.81. The molecule has 12 nitrogen and oxygen atoms in total. The van der Waals surface area contributed by atoms with Crippen LogP contribution in [-0.2, 0) is 9.59 Å². The third-order valence-electron chi connectivity index (χ3n) is 6.41. The van der Waals surface area contributed by atoms with Crippen LogP contribution in [0.25, 0.3) is 6.08 Å². The molecule has 4 rings (SSSR count). The van der Waals surface area contributed by atoms with Crippen molar-refractivity contribution >= 4 is 52.6 Å². The Morgan fingerprint density at radius 2 is 1.37 bits per heavy atom. The van der Waals surface area contributed by atoms with E-state index < -0.39 is 16.7 Å². The van der Waals surface area contributed by atoms with Gasteiger partial charge in [0.25, 0.3) is 17.5 Å². The fraction of sp³-hybridized carbons (Fsp3) is 0.121. The maximum Gasteiger partial charge on any atom is 0.272 e. The van der Waals surface area contributed by atoms with Crippen LogP contribution in [0.15, 0.2) is 102 Å². The molecule has 0 saturated carbocycles. The van der Waals surface area contributed by atoms with Crippen molar-refractivity contribution in [2.75, 3.05) is 37.7 Å². The van der Waals surface area contributed by atoms with Crippen LogP contribution in [-0.4, -0.2) is 49.7 Å². The molecule has 0 spiro atoms. The van der Waals surface area contributed by atoms with Crippen LogP contribution in [0.5, 0.6) is 17.2 Å². The molecule has 0 saturated heterocycles. The highest BCUT2D eigenvalue weighted by Gasteiger charge is 2.18. The molecule has 0 radical (unpaired) electrons. The number of non-ortho nitro benzene ring substituents is 1. The van der Waals surface area contributed by atoms with Gasteiger partial charge in [-0.2, -0.15) is 0 Å². The fourth-order valence-electron chi connectivity index (χ4n) is 4.11. The number of hydrogen-bond donors (Lipinski definition) is 3. The van der Waals surface area contributed by atoms with Gasteiger partial charge in [0.05, 0.1) is 32.0 Å². The predicted octanol–water partition coefficient (Wildman–Crippen LogP) is 5.76. The number of methoxy groups -OCH3 is 3. The molecule has 0 unspecified atom stereocenters. The number of benzene rings is 4. The second kappa shape index (κ2) is 15.8. The molecule has 0 aromatic heterocycles. The minimum absolute atomic E-state index is 0.0549. The van der Waals surface area contributed by atoms with Crippen LogP contribution >= 0.6 is 11.8 Å². The molecule has 4 aromatic carbocycles. The van der Waals surface area contributed by atoms with Gasteiger partial charge in [-0.05, 0) is 60.7 Å². The Kier molecular flexibility index (Phi) is 11.3. The summed E-state index contributed by atoms with van der Waals surface area (Å²) in [5.74, 6) is -0.0597. The summed E-state index contributed by atoms with van der Waals surface area (Å²) in [5.41, 5.74) is 1.59. The van der Waals surface area contributed by atoms with E-state index in [-0.39, 0.29) is 23.0 Å². The molecule has 0 fully saturated rings. The molecule has 0 bridgehead atoms. The van der Waals surface area contributed by atoms with Crippen LogP contribution in [0, 0.1) is 10.1 Å². The summed E-state index contributed by atoms with van der Waals surface area (Å²) in [4.78, 5) is 50.0. The number of carbonyl (C=O) groups is 3. The monoisotopic (exact) mass is 642 g/mol. The highest BCUT2D eigenvalue weighted by molar-refractivity contribution is 8.00. The number of hydrogen-bond acceptors (Lipinski definition) is 9. The molecule has 13 heteroatoms. The minimum Gasteiger partial charge on any atom is -0.496 e. The largest absolute Gasteiger partial charge is 0.496 e. The number of anilines is 2. The van der Waals surface area contributed by atoms with Crippen LogP contribution in [0.1, 0.15) is 15.9 Å². The zero-order valence-electron chi connectivity index (χ0n) is 25.1. The summed E-state index contributed by atoms with van der Waals surface area (Å²) in [6.07, 6.45) is 1.48. The van der Waals surface area contributed by atoms with E-state index in [1.54, 1.807) is 66.7 Å². The molecular formula is C33H30N4O8S. The quantitative estimate of drug-likeness (QED) is 0.0713. The van der Waals surface area contributed by atoms with Crippen molar-refractivity contribution in [1.82, 2.24) is 5.32 Å². The summed E-state index contributed by atoms with van der Waals surface area (Å²) in [6.45, 7) is 0. The number of nitro benzene ring substituents is 1. The Labute approximate surface area is 268 Å². The van der Waals surface area contributed by atoms with Crippen LogP contribution in [0.2, 0.25) is 0 Å². The van der Waals surface area contributed by atoms with Crippen molar-refractivity contribution in [3.05, 3.63) is 118 Å². The van der Waals surface area contributed by atoms with Crippen molar-refractivity contribution < 1.29 is 33.5 Å². The summed E-state index contributed by atoms with van der Waals surface area (Å²) in [5, 5.41) is 19.0. The Bertz CT molecular complexity index is 1740. The molecule has 0 aliphatic heterocycles. The van der Waals surface area contributed by atoms with E-state index in [1.807, 2.05) is 0 Å². The predicted molar refractivity (Wildman–Crippen MR) is 176 cm³/mol. The van der Waals surface area contributed by atoms with Gasteiger partial charge >= 0.3 is 0 Å². The summed E-state index contributed by atoms with van der Waals surface area (Å²) >= 11 is 1.27. The third kappa shape index (κ3) is 8.86. The first-order chi connectivity index (χ1) is 22.2. The Morgan fingerprint density at radius 1 is 0.783 bits per heavy atom. The average Bonchev–Trinajstić information content (AvgIpc) is 3.07. The van der Waals surface area contributed by atoms with Crippen molar-refractivity contribution in [2.24, 2.45) is 0 Å². The first kappa shape index (κ1) is 33.1. The number of rotatable bonds is 13. The van der Waals surface area contributed by atoms with E-state index in [9.17, 15) is 24.5 Å². The third-order valence-corrected chi connectivity index (χ3v) is 7.42.